The molecule has 0 heterocycles. The van der Waals surface area contributed by atoms with Gasteiger partial charge in [0.05, 0.1) is 0 Å². The molecule has 1 aromatic rings. The van der Waals surface area contributed by atoms with Crippen LogP contribution in [0, 0.1) is 5.82 Å². The summed E-state index contributed by atoms with van der Waals surface area (Å²) in [7, 11) is -1.99. The molecule has 8 heteroatoms. The molecule has 0 radical (unpaired) electrons. The lowest BCUT2D eigenvalue weighted by molar-refractivity contribution is 0.256. The summed E-state index contributed by atoms with van der Waals surface area (Å²) in [5, 5.41) is 0. The number of nitrogens with two attached hydrogens (primary N) is 1. The molecule has 0 saturated heterocycles. The lowest BCUT2D eigenvalue weighted by Gasteiger charge is -2.23. The quantitative estimate of drug-likeness (QED) is 0.709. The summed E-state index contributed by atoms with van der Waals surface area (Å²) < 4.78 is 40.7. The Morgan fingerprint density at radius 1 is 1.48 bits per heavy atom. The third-order valence-corrected chi connectivity index (χ3v) is 5.60. The molecular weight excluding hydrogens is 361 g/mol. The van der Waals surface area contributed by atoms with Crippen LogP contribution in [-0.2, 0) is 10.0 Å². The minimum Gasteiger partial charge on any atom is -0.398 e. The summed E-state index contributed by atoms with van der Waals surface area (Å²) in [6.45, 7) is 4.87. The first kappa shape index (κ1) is 18.3. The number of benzene rings is 1. The monoisotopic (exact) mass is 381 g/mol. The average Bonchev–Trinajstić information content (AvgIpc) is 2.41. The highest BCUT2D eigenvalue weighted by Crippen LogP contribution is 2.25. The molecule has 3 N–H and O–H groups in total. The number of hydrogen-bond donors (Lipinski definition) is 2. The van der Waals surface area contributed by atoms with Gasteiger partial charge in [-0.2, -0.15) is 0 Å². The SMILES string of the molecule is CCC(C)N(C)CCNS(=O)(=O)c1cc(N)c(Br)cc1F. The molecule has 1 rings (SSSR count). The molecule has 0 aliphatic heterocycles. The van der Waals surface area contributed by atoms with Gasteiger partial charge in [0.2, 0.25) is 10.0 Å². The molecule has 0 amide bonds. The van der Waals surface area contributed by atoms with Crippen LogP contribution in [0.3, 0.4) is 0 Å². The molecule has 0 aromatic heterocycles. The van der Waals surface area contributed by atoms with Gasteiger partial charge in [0.15, 0.2) is 0 Å². The summed E-state index contributed by atoms with van der Waals surface area (Å²) >= 11 is 3.06. The van der Waals surface area contributed by atoms with E-state index in [0.717, 1.165) is 18.6 Å². The molecule has 0 fully saturated rings. The van der Waals surface area contributed by atoms with Crippen molar-refractivity contribution in [2.75, 3.05) is 25.9 Å². The van der Waals surface area contributed by atoms with Crippen molar-refractivity contribution in [3.63, 3.8) is 0 Å². The van der Waals surface area contributed by atoms with Gasteiger partial charge >= 0.3 is 0 Å². The molecule has 21 heavy (non-hydrogen) atoms. The van der Waals surface area contributed by atoms with Crippen molar-refractivity contribution in [2.24, 2.45) is 0 Å². The molecule has 1 atom stereocenters. The predicted octanol–water partition coefficient (Wildman–Crippen LogP) is 2.18. The molecule has 0 aliphatic carbocycles. The van der Waals surface area contributed by atoms with E-state index < -0.39 is 20.7 Å². The van der Waals surface area contributed by atoms with E-state index in [0.29, 0.717) is 17.1 Å². The van der Waals surface area contributed by atoms with Crippen LogP contribution in [0.2, 0.25) is 0 Å². The topological polar surface area (TPSA) is 75.4 Å². The van der Waals surface area contributed by atoms with Gasteiger partial charge in [-0.15, -0.1) is 0 Å². The molecule has 1 aromatic carbocycles. The highest BCUT2D eigenvalue weighted by Gasteiger charge is 2.20. The van der Waals surface area contributed by atoms with E-state index in [1.165, 1.54) is 0 Å². The van der Waals surface area contributed by atoms with Crippen molar-refractivity contribution in [1.82, 2.24) is 9.62 Å². The first-order chi connectivity index (χ1) is 9.69. The lowest BCUT2D eigenvalue weighted by atomic mass is 10.2. The van der Waals surface area contributed by atoms with Crippen molar-refractivity contribution in [3.8, 4) is 0 Å². The Morgan fingerprint density at radius 2 is 2.10 bits per heavy atom. The number of nitrogens with one attached hydrogen (secondary N) is 1. The van der Waals surface area contributed by atoms with Gasteiger partial charge in [-0.3, -0.25) is 0 Å². The predicted molar refractivity (Wildman–Crippen MR) is 86.1 cm³/mol. The third-order valence-electron chi connectivity index (χ3n) is 3.44. The number of rotatable bonds is 7. The molecule has 5 nitrogen and oxygen atoms in total. The van der Waals surface area contributed by atoms with Gasteiger partial charge in [0, 0.05) is 29.3 Å². The number of anilines is 1. The minimum absolute atomic E-state index is 0.175. The third kappa shape index (κ3) is 4.91. The Labute approximate surface area is 133 Å². The van der Waals surface area contributed by atoms with Gasteiger partial charge in [-0.05, 0) is 48.5 Å². The second-order valence-electron chi connectivity index (χ2n) is 4.94. The fraction of sp³-hybridized carbons (Fsp3) is 0.538. The van der Waals surface area contributed by atoms with Crippen LogP contribution >= 0.6 is 15.9 Å². The smallest absolute Gasteiger partial charge is 0.243 e. The van der Waals surface area contributed by atoms with Gasteiger partial charge in [-0.25, -0.2) is 17.5 Å². The Hall–Kier alpha value is -0.700. The Bertz CT molecular complexity index is 595. The molecule has 0 saturated carbocycles. The second kappa shape index (κ2) is 7.53. The number of nitrogens with zero attached hydrogens (tertiary/aromatic N) is 1. The van der Waals surface area contributed by atoms with Crippen LogP contribution in [0.15, 0.2) is 21.5 Å². The Kier molecular flexibility index (Phi) is 6.58. The van der Waals surface area contributed by atoms with Crippen molar-refractivity contribution in [2.45, 2.75) is 31.2 Å². The normalized spacial score (nSPS) is 13.6. The van der Waals surface area contributed by atoms with Gasteiger partial charge < -0.3 is 10.6 Å². The highest BCUT2D eigenvalue weighted by molar-refractivity contribution is 9.10. The largest absolute Gasteiger partial charge is 0.398 e. The minimum atomic E-state index is -3.91. The fourth-order valence-corrected chi connectivity index (χ4v) is 3.15. The summed E-state index contributed by atoms with van der Waals surface area (Å²) in [5.74, 6) is -0.834. The summed E-state index contributed by atoms with van der Waals surface area (Å²) in [6, 6.07) is 2.52. The van der Waals surface area contributed by atoms with E-state index in [1.807, 2.05) is 11.9 Å². The highest BCUT2D eigenvalue weighted by atomic mass is 79.9. The number of nitrogen functional groups attached to an aromatic ring is 1. The standard InChI is InChI=1S/C13H21BrFN3O2S/c1-4-9(2)18(3)6-5-17-21(19,20)13-8-12(16)10(14)7-11(13)15/h7-9,17H,4-6,16H2,1-3H3. The zero-order valence-electron chi connectivity index (χ0n) is 12.4. The summed E-state index contributed by atoms with van der Waals surface area (Å²) in [4.78, 5) is 1.60. The van der Waals surface area contributed by atoms with Crippen LogP contribution in [0.5, 0.6) is 0 Å². The zero-order chi connectivity index (χ0) is 16.2. The molecule has 0 aliphatic rings. The maximum absolute atomic E-state index is 13.8. The summed E-state index contributed by atoms with van der Waals surface area (Å²) in [6.07, 6.45) is 0.973. The van der Waals surface area contributed by atoms with E-state index in [4.69, 9.17) is 5.73 Å². The Balaban J connectivity index is 2.77. The van der Waals surface area contributed by atoms with Crippen molar-refractivity contribution < 1.29 is 12.8 Å². The molecule has 0 bridgehead atoms. The number of sulfonamides is 1. The number of likely N-dealkylation sites (N-methyl/N-ethyl adjacent to an activating group) is 1. The van der Waals surface area contributed by atoms with Gasteiger partial charge in [-0.1, -0.05) is 6.92 Å². The lowest BCUT2D eigenvalue weighted by Crippen LogP contribution is -2.37. The fourth-order valence-electron chi connectivity index (χ4n) is 1.72. The first-order valence-corrected chi connectivity index (χ1v) is 8.91. The maximum Gasteiger partial charge on any atom is 0.243 e. The van der Waals surface area contributed by atoms with Gasteiger partial charge in [0.25, 0.3) is 0 Å². The molecular formula is C13H21BrFN3O2S. The van der Waals surface area contributed by atoms with Crippen LogP contribution in [0.25, 0.3) is 0 Å². The van der Waals surface area contributed by atoms with Crippen molar-refractivity contribution >= 4 is 31.6 Å². The van der Waals surface area contributed by atoms with Crippen LogP contribution in [0.1, 0.15) is 20.3 Å². The summed E-state index contributed by atoms with van der Waals surface area (Å²) in [5.41, 5.74) is 5.78. The Morgan fingerprint density at radius 3 is 2.67 bits per heavy atom. The van der Waals surface area contributed by atoms with Crippen molar-refractivity contribution in [1.29, 1.82) is 0 Å². The molecule has 0 spiro atoms. The van der Waals surface area contributed by atoms with E-state index in [9.17, 15) is 12.8 Å². The van der Waals surface area contributed by atoms with E-state index >= 15 is 0 Å². The number of halogens is 2. The molecule has 120 valence electrons. The van der Waals surface area contributed by atoms with Gasteiger partial charge in [0.1, 0.15) is 10.7 Å². The van der Waals surface area contributed by atoms with Crippen LogP contribution < -0.4 is 10.5 Å². The molecule has 1 unspecified atom stereocenters. The number of hydrogen-bond acceptors (Lipinski definition) is 4. The second-order valence-corrected chi connectivity index (χ2v) is 7.53. The van der Waals surface area contributed by atoms with Crippen molar-refractivity contribution in [3.05, 3.63) is 22.4 Å². The van der Waals surface area contributed by atoms with Crippen LogP contribution in [-0.4, -0.2) is 39.5 Å². The first-order valence-electron chi connectivity index (χ1n) is 6.63. The van der Waals surface area contributed by atoms with E-state index in [2.05, 4.69) is 34.5 Å². The maximum atomic E-state index is 13.8. The van der Waals surface area contributed by atoms with E-state index in [1.54, 1.807) is 0 Å². The van der Waals surface area contributed by atoms with E-state index in [-0.39, 0.29) is 12.2 Å². The average molecular weight is 382 g/mol. The van der Waals surface area contributed by atoms with Crippen LogP contribution in [0.4, 0.5) is 10.1 Å². The zero-order valence-corrected chi connectivity index (χ0v) is 14.8.